The fourth-order valence-corrected chi connectivity index (χ4v) is 1.73. The van der Waals surface area contributed by atoms with E-state index in [2.05, 4.69) is 39.3 Å². The van der Waals surface area contributed by atoms with E-state index >= 15 is 0 Å². The lowest BCUT2D eigenvalue weighted by Gasteiger charge is -2.09. The van der Waals surface area contributed by atoms with E-state index in [0.29, 0.717) is 12.6 Å². The number of rotatable bonds is 6. The molecule has 0 bridgehead atoms. The molecule has 7 heteroatoms. The van der Waals surface area contributed by atoms with Gasteiger partial charge < -0.3 is 5.32 Å². The molecule has 0 radical (unpaired) electrons. The molecule has 0 aliphatic carbocycles. The van der Waals surface area contributed by atoms with Gasteiger partial charge in [-0.2, -0.15) is 10.2 Å². The van der Waals surface area contributed by atoms with Crippen molar-refractivity contribution in [3.63, 3.8) is 0 Å². The fourth-order valence-electron chi connectivity index (χ4n) is 1.73. The Labute approximate surface area is 106 Å². The minimum atomic E-state index is 0.335. The van der Waals surface area contributed by atoms with Crippen LogP contribution in [-0.2, 0) is 20.0 Å². The van der Waals surface area contributed by atoms with Crippen molar-refractivity contribution in [1.82, 2.24) is 34.8 Å². The molecule has 0 saturated carbocycles. The van der Waals surface area contributed by atoms with Gasteiger partial charge in [-0.3, -0.25) is 4.68 Å². The molecule has 0 saturated heterocycles. The van der Waals surface area contributed by atoms with Gasteiger partial charge in [0.2, 0.25) is 0 Å². The monoisotopic (exact) mass is 249 g/mol. The minimum absolute atomic E-state index is 0.335. The van der Waals surface area contributed by atoms with Crippen LogP contribution in [0.3, 0.4) is 0 Å². The van der Waals surface area contributed by atoms with Crippen molar-refractivity contribution in [1.29, 1.82) is 0 Å². The van der Waals surface area contributed by atoms with Crippen molar-refractivity contribution in [2.45, 2.75) is 32.9 Å². The molecule has 0 atom stereocenters. The van der Waals surface area contributed by atoms with Gasteiger partial charge in [0, 0.05) is 26.1 Å². The zero-order valence-electron chi connectivity index (χ0n) is 11.0. The molecule has 0 spiro atoms. The molecule has 0 unspecified atom stereocenters. The van der Waals surface area contributed by atoms with Gasteiger partial charge in [-0.1, -0.05) is 0 Å². The van der Waals surface area contributed by atoms with Crippen molar-refractivity contribution < 1.29 is 0 Å². The van der Waals surface area contributed by atoms with Gasteiger partial charge in [0.05, 0.1) is 6.54 Å². The van der Waals surface area contributed by atoms with Crippen LogP contribution in [0.15, 0.2) is 12.7 Å². The first kappa shape index (κ1) is 12.7. The van der Waals surface area contributed by atoms with E-state index in [1.54, 1.807) is 17.3 Å². The molecule has 98 valence electrons. The molecule has 2 aromatic heterocycles. The molecular weight excluding hydrogens is 230 g/mol. The van der Waals surface area contributed by atoms with Crippen LogP contribution in [0.5, 0.6) is 0 Å². The lowest BCUT2D eigenvalue weighted by molar-refractivity contribution is 0.490. The number of nitrogens with one attached hydrogen (secondary N) is 1. The third kappa shape index (κ3) is 3.13. The van der Waals surface area contributed by atoms with Crippen LogP contribution in [-0.4, -0.2) is 36.1 Å². The zero-order chi connectivity index (χ0) is 13.0. The summed E-state index contributed by atoms with van der Waals surface area (Å²) in [5.74, 6) is 1.81. The van der Waals surface area contributed by atoms with Gasteiger partial charge in [0.25, 0.3) is 0 Å². The van der Waals surface area contributed by atoms with Crippen molar-refractivity contribution in [3.8, 4) is 0 Å². The largest absolute Gasteiger partial charge is 0.309 e. The third-order valence-corrected chi connectivity index (χ3v) is 2.59. The maximum absolute atomic E-state index is 4.24. The lowest BCUT2D eigenvalue weighted by atomic mass is 10.4. The van der Waals surface area contributed by atoms with E-state index in [1.165, 1.54) is 0 Å². The van der Waals surface area contributed by atoms with Gasteiger partial charge in [-0.05, 0) is 13.8 Å². The van der Waals surface area contributed by atoms with Gasteiger partial charge in [-0.15, -0.1) is 0 Å². The van der Waals surface area contributed by atoms with E-state index in [9.17, 15) is 0 Å². The quantitative estimate of drug-likeness (QED) is 0.746. The third-order valence-electron chi connectivity index (χ3n) is 2.59. The van der Waals surface area contributed by atoms with Crippen LogP contribution in [0.25, 0.3) is 0 Å². The Morgan fingerprint density at radius 2 is 2.17 bits per heavy atom. The smallest absolute Gasteiger partial charge is 0.151 e. The normalized spacial score (nSPS) is 11.3. The summed E-state index contributed by atoms with van der Waals surface area (Å²) in [5.41, 5.74) is 0. The summed E-state index contributed by atoms with van der Waals surface area (Å²) in [7, 11) is 1.87. The first-order chi connectivity index (χ1) is 8.66. The van der Waals surface area contributed by atoms with Crippen LogP contribution in [0.4, 0.5) is 0 Å². The predicted molar refractivity (Wildman–Crippen MR) is 66.8 cm³/mol. The van der Waals surface area contributed by atoms with Crippen molar-refractivity contribution in [2.75, 3.05) is 6.54 Å². The number of aryl methyl sites for hydroxylation is 1. The summed E-state index contributed by atoms with van der Waals surface area (Å²) in [6.07, 6.45) is 4.12. The average molecular weight is 249 g/mol. The molecule has 0 aliphatic heterocycles. The standard InChI is InChI=1S/C11H19N7/c1-9(2)18-11(13-7-15-18)6-12-5-4-10-14-8-17(3)16-10/h7-9,12H,4-6H2,1-3H3. The maximum Gasteiger partial charge on any atom is 0.151 e. The average Bonchev–Trinajstić information content (AvgIpc) is 2.93. The van der Waals surface area contributed by atoms with E-state index in [-0.39, 0.29) is 0 Å². The second kappa shape index (κ2) is 5.72. The summed E-state index contributed by atoms with van der Waals surface area (Å²) in [5, 5.41) is 11.7. The molecule has 2 heterocycles. The number of aromatic nitrogens is 6. The Morgan fingerprint density at radius 1 is 1.33 bits per heavy atom. The Hall–Kier alpha value is -1.76. The molecule has 0 fully saturated rings. The molecular formula is C11H19N7. The van der Waals surface area contributed by atoms with E-state index in [4.69, 9.17) is 0 Å². The van der Waals surface area contributed by atoms with Gasteiger partial charge in [0.15, 0.2) is 5.82 Å². The molecule has 0 amide bonds. The second-order valence-electron chi connectivity index (χ2n) is 4.48. The minimum Gasteiger partial charge on any atom is -0.309 e. The molecule has 1 N–H and O–H groups in total. The van der Waals surface area contributed by atoms with E-state index < -0.39 is 0 Å². The topological polar surface area (TPSA) is 73.5 Å². The lowest BCUT2D eigenvalue weighted by Crippen LogP contribution is -2.21. The van der Waals surface area contributed by atoms with E-state index in [0.717, 1.165) is 24.6 Å². The molecule has 0 aromatic carbocycles. The number of nitrogens with zero attached hydrogens (tertiary/aromatic N) is 6. The Kier molecular flexibility index (Phi) is 4.03. The Bertz CT molecular complexity index is 485. The van der Waals surface area contributed by atoms with Crippen LogP contribution >= 0.6 is 0 Å². The highest BCUT2D eigenvalue weighted by molar-refractivity contribution is 4.87. The van der Waals surface area contributed by atoms with Gasteiger partial charge in [-0.25, -0.2) is 14.6 Å². The Morgan fingerprint density at radius 3 is 2.83 bits per heavy atom. The first-order valence-electron chi connectivity index (χ1n) is 6.10. The molecule has 2 aromatic rings. The first-order valence-corrected chi connectivity index (χ1v) is 6.10. The van der Waals surface area contributed by atoms with Crippen molar-refractivity contribution >= 4 is 0 Å². The Balaban J connectivity index is 1.77. The molecule has 7 nitrogen and oxygen atoms in total. The summed E-state index contributed by atoms with van der Waals surface area (Å²) >= 11 is 0. The SMILES string of the molecule is CC(C)n1ncnc1CNCCc1ncn(C)n1. The molecule has 2 rings (SSSR count). The highest BCUT2D eigenvalue weighted by Gasteiger charge is 2.06. The molecule has 0 aliphatic rings. The van der Waals surface area contributed by atoms with Crippen molar-refractivity contribution in [2.24, 2.45) is 7.05 Å². The predicted octanol–water partition coefficient (Wildman–Crippen LogP) is 0.320. The highest BCUT2D eigenvalue weighted by atomic mass is 15.4. The molecule has 18 heavy (non-hydrogen) atoms. The maximum atomic E-state index is 4.24. The van der Waals surface area contributed by atoms with Crippen LogP contribution in [0, 0.1) is 0 Å². The van der Waals surface area contributed by atoms with Crippen LogP contribution in [0.1, 0.15) is 31.5 Å². The van der Waals surface area contributed by atoms with Crippen LogP contribution < -0.4 is 5.32 Å². The summed E-state index contributed by atoms with van der Waals surface area (Å²) in [4.78, 5) is 8.41. The second-order valence-corrected chi connectivity index (χ2v) is 4.48. The van der Waals surface area contributed by atoms with Gasteiger partial charge >= 0.3 is 0 Å². The zero-order valence-corrected chi connectivity index (χ0v) is 11.0. The van der Waals surface area contributed by atoms with Gasteiger partial charge in [0.1, 0.15) is 18.5 Å². The summed E-state index contributed by atoms with van der Waals surface area (Å²) in [6.45, 7) is 5.73. The van der Waals surface area contributed by atoms with Crippen molar-refractivity contribution in [3.05, 3.63) is 24.3 Å². The summed E-state index contributed by atoms with van der Waals surface area (Å²) < 4.78 is 3.64. The number of hydrogen-bond donors (Lipinski definition) is 1. The highest BCUT2D eigenvalue weighted by Crippen LogP contribution is 2.04. The fraction of sp³-hybridized carbons (Fsp3) is 0.636. The number of hydrogen-bond acceptors (Lipinski definition) is 5. The summed E-state index contributed by atoms with van der Waals surface area (Å²) in [6, 6.07) is 0.335. The van der Waals surface area contributed by atoms with E-state index in [1.807, 2.05) is 11.7 Å². The van der Waals surface area contributed by atoms with Crippen LogP contribution in [0.2, 0.25) is 0 Å².